The number of nitrogens with one attached hydrogen (secondary N) is 2. The van der Waals surface area contributed by atoms with Gasteiger partial charge in [-0.1, -0.05) is 56.5 Å². The summed E-state index contributed by atoms with van der Waals surface area (Å²) in [5.74, 6) is -0.726. The molecule has 0 bridgehead atoms. The molecule has 0 aliphatic heterocycles. The van der Waals surface area contributed by atoms with Crippen molar-refractivity contribution in [3.05, 3.63) is 59.7 Å². The Morgan fingerprint density at radius 2 is 1.67 bits per heavy atom. The number of carbonyl (C=O) groups is 3. The first-order valence-corrected chi connectivity index (χ1v) is 12.4. The predicted molar refractivity (Wildman–Crippen MR) is 141 cm³/mol. The minimum Gasteiger partial charge on any atom is -0.508 e. The lowest BCUT2D eigenvalue weighted by Gasteiger charge is -2.32. The minimum absolute atomic E-state index is 0.0595. The van der Waals surface area contributed by atoms with E-state index >= 15 is 0 Å². The second-order valence-corrected chi connectivity index (χ2v) is 9.80. The summed E-state index contributed by atoms with van der Waals surface area (Å²) in [5, 5.41) is 15.3. The SMILES string of the molecule is CCCCCCN(C(=O)CNC(=O)OC(C)(C)C)C(C(=O)Nc1ccccc1C)c1ccc(O)cc1. The van der Waals surface area contributed by atoms with E-state index < -0.39 is 23.6 Å². The zero-order chi connectivity index (χ0) is 26.7. The highest BCUT2D eigenvalue weighted by molar-refractivity contribution is 5.98. The zero-order valence-corrected chi connectivity index (χ0v) is 22.0. The number of rotatable bonds is 11. The molecule has 3 N–H and O–H groups in total. The van der Waals surface area contributed by atoms with Gasteiger partial charge < -0.3 is 25.4 Å². The van der Waals surface area contributed by atoms with Crippen LogP contribution in [0, 0.1) is 6.92 Å². The van der Waals surface area contributed by atoms with Gasteiger partial charge in [-0.3, -0.25) is 9.59 Å². The van der Waals surface area contributed by atoms with Gasteiger partial charge in [-0.25, -0.2) is 4.79 Å². The Morgan fingerprint density at radius 3 is 2.28 bits per heavy atom. The summed E-state index contributed by atoms with van der Waals surface area (Å²) in [6.45, 7) is 9.24. The van der Waals surface area contributed by atoms with E-state index in [0.717, 1.165) is 24.8 Å². The summed E-state index contributed by atoms with van der Waals surface area (Å²) >= 11 is 0. The molecule has 0 heterocycles. The third-order valence-corrected chi connectivity index (χ3v) is 5.53. The maximum absolute atomic E-state index is 13.6. The van der Waals surface area contributed by atoms with Crippen LogP contribution in [0.4, 0.5) is 10.5 Å². The number of hydrogen-bond acceptors (Lipinski definition) is 5. The largest absolute Gasteiger partial charge is 0.508 e. The van der Waals surface area contributed by atoms with E-state index in [1.807, 2.05) is 25.1 Å². The lowest BCUT2D eigenvalue weighted by molar-refractivity contribution is -0.138. The molecule has 2 rings (SSSR count). The number of phenolic OH excluding ortho intramolecular Hbond substituents is 1. The van der Waals surface area contributed by atoms with E-state index in [2.05, 4.69) is 17.6 Å². The molecule has 3 amide bonds. The van der Waals surface area contributed by atoms with Gasteiger partial charge in [-0.2, -0.15) is 0 Å². The molecule has 1 unspecified atom stereocenters. The highest BCUT2D eigenvalue weighted by Crippen LogP contribution is 2.26. The van der Waals surface area contributed by atoms with Crippen molar-refractivity contribution in [2.45, 2.75) is 71.9 Å². The number of nitrogens with zero attached hydrogens (tertiary/aromatic N) is 1. The second-order valence-electron chi connectivity index (χ2n) is 9.80. The van der Waals surface area contributed by atoms with Crippen LogP contribution in [0.15, 0.2) is 48.5 Å². The third kappa shape index (κ3) is 9.24. The maximum Gasteiger partial charge on any atom is 0.408 e. The first-order valence-electron chi connectivity index (χ1n) is 12.4. The zero-order valence-electron chi connectivity index (χ0n) is 22.0. The average molecular weight is 498 g/mol. The molecule has 0 aliphatic carbocycles. The van der Waals surface area contributed by atoms with E-state index in [-0.39, 0.29) is 18.2 Å². The summed E-state index contributed by atoms with van der Waals surface area (Å²) < 4.78 is 5.25. The standard InChI is InChI=1S/C28H39N3O5/c1-6-7-8-11-18-31(24(33)19-29-27(35)36-28(3,4)5)25(21-14-16-22(32)17-15-21)26(34)30-23-13-10-9-12-20(23)2/h9-10,12-17,25,32H,6-8,11,18-19H2,1-5H3,(H,29,35)(H,30,34). The van der Waals surface area contributed by atoms with Crippen molar-refractivity contribution >= 4 is 23.6 Å². The molecule has 8 nitrogen and oxygen atoms in total. The Balaban J connectivity index is 2.35. The van der Waals surface area contributed by atoms with Gasteiger partial charge in [-0.15, -0.1) is 0 Å². The van der Waals surface area contributed by atoms with Gasteiger partial charge in [0.2, 0.25) is 5.91 Å². The minimum atomic E-state index is -0.959. The van der Waals surface area contributed by atoms with Crippen LogP contribution >= 0.6 is 0 Å². The van der Waals surface area contributed by atoms with Gasteiger partial charge in [0.25, 0.3) is 5.91 Å². The normalized spacial score (nSPS) is 11.9. The van der Waals surface area contributed by atoms with E-state index in [1.165, 1.54) is 17.0 Å². The van der Waals surface area contributed by atoms with Crippen molar-refractivity contribution in [1.82, 2.24) is 10.2 Å². The molecule has 0 spiro atoms. The van der Waals surface area contributed by atoms with E-state index in [0.29, 0.717) is 24.2 Å². The van der Waals surface area contributed by atoms with Crippen LogP contribution in [-0.4, -0.2) is 46.6 Å². The third-order valence-electron chi connectivity index (χ3n) is 5.53. The van der Waals surface area contributed by atoms with Gasteiger partial charge in [-0.05, 0) is 63.4 Å². The van der Waals surface area contributed by atoms with Gasteiger partial charge in [0.15, 0.2) is 0 Å². The quantitative estimate of drug-likeness (QED) is 0.365. The summed E-state index contributed by atoms with van der Waals surface area (Å²) in [6, 6.07) is 12.7. The Bertz CT molecular complexity index is 1010. The molecule has 2 aromatic rings. The lowest BCUT2D eigenvalue weighted by Crippen LogP contribution is -2.47. The molecular formula is C28H39N3O5. The van der Waals surface area contributed by atoms with Crippen molar-refractivity contribution in [3.63, 3.8) is 0 Å². The molecule has 8 heteroatoms. The van der Waals surface area contributed by atoms with Crippen LogP contribution in [0.5, 0.6) is 5.75 Å². The number of benzene rings is 2. The van der Waals surface area contributed by atoms with E-state index in [9.17, 15) is 19.5 Å². The van der Waals surface area contributed by atoms with Crippen molar-refractivity contribution in [2.75, 3.05) is 18.4 Å². The Hall–Kier alpha value is -3.55. The topological polar surface area (TPSA) is 108 Å². The first-order chi connectivity index (χ1) is 17.0. The van der Waals surface area contributed by atoms with E-state index in [4.69, 9.17) is 4.74 Å². The molecule has 0 aromatic heterocycles. The van der Waals surface area contributed by atoms with Crippen LogP contribution in [0.25, 0.3) is 0 Å². The molecule has 0 aliphatic rings. The molecule has 2 aromatic carbocycles. The number of ether oxygens (including phenoxy) is 1. The van der Waals surface area contributed by atoms with Crippen molar-refractivity contribution in [1.29, 1.82) is 0 Å². The highest BCUT2D eigenvalue weighted by atomic mass is 16.6. The number of carbonyl (C=O) groups excluding carboxylic acids is 3. The molecule has 1 atom stereocenters. The number of unbranched alkanes of at least 4 members (excludes halogenated alkanes) is 3. The number of hydrogen-bond donors (Lipinski definition) is 3. The van der Waals surface area contributed by atoms with Crippen molar-refractivity contribution in [3.8, 4) is 5.75 Å². The van der Waals surface area contributed by atoms with Crippen LogP contribution in [0.1, 0.15) is 70.5 Å². The Morgan fingerprint density at radius 1 is 1.00 bits per heavy atom. The van der Waals surface area contributed by atoms with Crippen LogP contribution in [0.3, 0.4) is 0 Å². The number of phenols is 1. The fourth-order valence-corrected chi connectivity index (χ4v) is 3.71. The Kier molecular flexibility index (Phi) is 10.8. The maximum atomic E-state index is 13.6. The summed E-state index contributed by atoms with van der Waals surface area (Å²) in [4.78, 5) is 40.7. The highest BCUT2D eigenvalue weighted by Gasteiger charge is 2.32. The lowest BCUT2D eigenvalue weighted by atomic mass is 10.0. The summed E-state index contributed by atoms with van der Waals surface area (Å²) in [7, 11) is 0. The molecular weight excluding hydrogens is 458 g/mol. The van der Waals surface area contributed by atoms with Gasteiger partial charge in [0.1, 0.15) is 23.9 Å². The number of para-hydroxylation sites is 1. The van der Waals surface area contributed by atoms with Crippen molar-refractivity contribution < 1.29 is 24.2 Å². The smallest absolute Gasteiger partial charge is 0.408 e. The first kappa shape index (κ1) is 28.7. The molecule has 36 heavy (non-hydrogen) atoms. The molecule has 196 valence electrons. The van der Waals surface area contributed by atoms with Gasteiger partial charge in [0.05, 0.1) is 0 Å². The van der Waals surface area contributed by atoms with Crippen molar-refractivity contribution in [2.24, 2.45) is 0 Å². The van der Waals surface area contributed by atoms with E-state index in [1.54, 1.807) is 39.0 Å². The number of aryl methyl sites for hydroxylation is 1. The van der Waals surface area contributed by atoms with Gasteiger partial charge >= 0.3 is 6.09 Å². The molecule has 0 radical (unpaired) electrons. The summed E-state index contributed by atoms with van der Waals surface area (Å²) in [5.41, 5.74) is 1.40. The second kappa shape index (κ2) is 13.5. The average Bonchev–Trinajstić information content (AvgIpc) is 2.81. The number of aromatic hydroxyl groups is 1. The number of amides is 3. The molecule has 0 saturated heterocycles. The Labute approximate surface area is 214 Å². The number of alkyl carbamates (subject to hydrolysis) is 1. The number of anilines is 1. The summed E-state index contributed by atoms with van der Waals surface area (Å²) in [6.07, 6.45) is 2.95. The fourth-order valence-electron chi connectivity index (χ4n) is 3.71. The van der Waals surface area contributed by atoms with Crippen LogP contribution < -0.4 is 10.6 Å². The van der Waals surface area contributed by atoms with Crippen LogP contribution in [-0.2, 0) is 14.3 Å². The molecule has 0 fully saturated rings. The molecule has 0 saturated carbocycles. The fraction of sp³-hybridized carbons (Fsp3) is 0.464. The van der Waals surface area contributed by atoms with Crippen LogP contribution in [0.2, 0.25) is 0 Å². The monoisotopic (exact) mass is 497 g/mol. The van der Waals surface area contributed by atoms with Gasteiger partial charge in [0, 0.05) is 12.2 Å². The predicted octanol–water partition coefficient (Wildman–Crippen LogP) is 5.31.